The summed E-state index contributed by atoms with van der Waals surface area (Å²) in [7, 11) is 0. The maximum atomic E-state index is 13.6. The normalized spacial score (nSPS) is 19.9. The Labute approximate surface area is 153 Å². The lowest BCUT2D eigenvalue weighted by molar-refractivity contribution is -0.169. The Morgan fingerprint density at radius 2 is 1.81 bits per heavy atom. The molecule has 1 N–H and O–H groups in total. The SMILES string of the molecule is O=C(O)CC1CC(C(F)(F)F)CN1c1ccc(Oc2ccccc2F)cc1. The van der Waals surface area contributed by atoms with Crippen LogP contribution in [-0.4, -0.2) is 29.8 Å². The molecule has 8 heteroatoms. The van der Waals surface area contributed by atoms with E-state index in [1.54, 1.807) is 18.2 Å². The van der Waals surface area contributed by atoms with Gasteiger partial charge in [0.05, 0.1) is 12.3 Å². The lowest BCUT2D eigenvalue weighted by Crippen LogP contribution is -2.32. The Hall–Kier alpha value is -2.77. The molecule has 0 spiro atoms. The minimum absolute atomic E-state index is 0.0345. The number of aliphatic carboxylic acids is 1. The van der Waals surface area contributed by atoms with Crippen LogP contribution in [0.5, 0.6) is 11.5 Å². The summed E-state index contributed by atoms with van der Waals surface area (Å²) in [5.74, 6) is -2.89. The number of ether oxygens (including phenoxy) is 1. The number of carbonyl (C=O) groups is 1. The Morgan fingerprint density at radius 1 is 1.15 bits per heavy atom. The van der Waals surface area contributed by atoms with Crippen molar-refractivity contribution in [2.45, 2.75) is 25.1 Å². The zero-order chi connectivity index (χ0) is 19.6. The second-order valence-electron chi connectivity index (χ2n) is 6.40. The van der Waals surface area contributed by atoms with Crippen LogP contribution in [0.15, 0.2) is 48.5 Å². The number of alkyl halides is 3. The average Bonchev–Trinajstić information content (AvgIpc) is 3.01. The van der Waals surface area contributed by atoms with Gasteiger partial charge in [0, 0.05) is 18.3 Å². The molecular formula is C19H17F4NO3. The first-order valence-electron chi connectivity index (χ1n) is 8.31. The van der Waals surface area contributed by atoms with E-state index >= 15 is 0 Å². The summed E-state index contributed by atoms with van der Waals surface area (Å²) in [5, 5.41) is 9.00. The van der Waals surface area contributed by atoms with Gasteiger partial charge in [-0.1, -0.05) is 12.1 Å². The van der Waals surface area contributed by atoms with Crippen molar-refractivity contribution in [3.8, 4) is 11.5 Å². The van der Waals surface area contributed by atoms with Crippen molar-refractivity contribution >= 4 is 11.7 Å². The van der Waals surface area contributed by atoms with Gasteiger partial charge in [-0.25, -0.2) is 4.39 Å². The molecule has 144 valence electrons. The molecule has 0 aromatic heterocycles. The number of rotatable bonds is 5. The van der Waals surface area contributed by atoms with E-state index in [1.807, 2.05) is 0 Å². The molecule has 2 aromatic rings. The van der Waals surface area contributed by atoms with Crippen molar-refractivity contribution < 1.29 is 32.2 Å². The number of hydrogen-bond acceptors (Lipinski definition) is 3. The van der Waals surface area contributed by atoms with Crippen LogP contribution in [0, 0.1) is 11.7 Å². The zero-order valence-electron chi connectivity index (χ0n) is 14.1. The molecule has 0 bridgehead atoms. The van der Waals surface area contributed by atoms with Crippen LogP contribution < -0.4 is 9.64 Å². The summed E-state index contributed by atoms with van der Waals surface area (Å²) in [6, 6.07) is 11.2. The minimum Gasteiger partial charge on any atom is -0.481 e. The van der Waals surface area contributed by atoms with Crippen molar-refractivity contribution in [3.05, 3.63) is 54.3 Å². The van der Waals surface area contributed by atoms with Crippen LogP contribution in [0.4, 0.5) is 23.2 Å². The van der Waals surface area contributed by atoms with Gasteiger partial charge in [0.1, 0.15) is 5.75 Å². The molecule has 1 saturated heterocycles. The molecule has 1 aliphatic rings. The predicted octanol–water partition coefficient (Wildman–Crippen LogP) is 4.85. The highest BCUT2D eigenvalue weighted by molar-refractivity contribution is 5.69. The molecule has 2 atom stereocenters. The number of para-hydroxylation sites is 1. The van der Waals surface area contributed by atoms with Crippen LogP contribution in [-0.2, 0) is 4.79 Å². The number of carboxylic acid groups (broad SMARTS) is 1. The van der Waals surface area contributed by atoms with Crippen molar-refractivity contribution in [2.75, 3.05) is 11.4 Å². The Kier molecular flexibility index (Phi) is 5.25. The number of nitrogens with zero attached hydrogens (tertiary/aromatic N) is 1. The van der Waals surface area contributed by atoms with Gasteiger partial charge < -0.3 is 14.7 Å². The molecule has 2 unspecified atom stereocenters. The van der Waals surface area contributed by atoms with E-state index < -0.39 is 29.9 Å². The fourth-order valence-electron chi connectivity index (χ4n) is 3.23. The van der Waals surface area contributed by atoms with Gasteiger partial charge in [0.2, 0.25) is 0 Å². The topological polar surface area (TPSA) is 49.8 Å². The summed E-state index contributed by atoms with van der Waals surface area (Å²) < 4.78 is 58.3. The number of hydrogen-bond donors (Lipinski definition) is 1. The molecule has 0 amide bonds. The van der Waals surface area contributed by atoms with E-state index in [9.17, 15) is 22.4 Å². The molecule has 1 aliphatic heterocycles. The van der Waals surface area contributed by atoms with Crippen LogP contribution >= 0.6 is 0 Å². The van der Waals surface area contributed by atoms with E-state index in [0.717, 1.165) is 0 Å². The monoisotopic (exact) mass is 383 g/mol. The van der Waals surface area contributed by atoms with Crippen molar-refractivity contribution in [1.82, 2.24) is 0 Å². The van der Waals surface area contributed by atoms with E-state index in [2.05, 4.69) is 0 Å². The highest BCUT2D eigenvalue weighted by atomic mass is 19.4. The highest BCUT2D eigenvalue weighted by Gasteiger charge is 2.47. The highest BCUT2D eigenvalue weighted by Crippen LogP contribution is 2.40. The van der Waals surface area contributed by atoms with Crippen LogP contribution in [0.1, 0.15) is 12.8 Å². The maximum Gasteiger partial charge on any atom is 0.393 e. The first-order chi connectivity index (χ1) is 12.7. The van der Waals surface area contributed by atoms with Gasteiger partial charge in [0.15, 0.2) is 11.6 Å². The van der Waals surface area contributed by atoms with Gasteiger partial charge in [0.25, 0.3) is 0 Å². The zero-order valence-corrected chi connectivity index (χ0v) is 14.1. The molecule has 1 heterocycles. The summed E-state index contributed by atoms with van der Waals surface area (Å²) in [6.07, 6.45) is -5.01. The fraction of sp³-hybridized carbons (Fsp3) is 0.316. The van der Waals surface area contributed by atoms with E-state index in [0.29, 0.717) is 11.4 Å². The lowest BCUT2D eigenvalue weighted by atomic mass is 10.0. The second-order valence-corrected chi connectivity index (χ2v) is 6.40. The maximum absolute atomic E-state index is 13.6. The largest absolute Gasteiger partial charge is 0.481 e. The van der Waals surface area contributed by atoms with Crippen LogP contribution in [0.2, 0.25) is 0 Å². The third-order valence-corrected chi connectivity index (χ3v) is 4.52. The first kappa shape index (κ1) is 19.0. The molecule has 0 aliphatic carbocycles. The van der Waals surface area contributed by atoms with Crippen molar-refractivity contribution in [2.24, 2.45) is 5.92 Å². The Balaban J connectivity index is 1.77. The number of benzene rings is 2. The van der Waals surface area contributed by atoms with Gasteiger partial charge in [-0.2, -0.15) is 13.2 Å². The molecular weight excluding hydrogens is 366 g/mol. The quantitative estimate of drug-likeness (QED) is 0.750. The average molecular weight is 383 g/mol. The molecule has 3 rings (SSSR count). The fourth-order valence-corrected chi connectivity index (χ4v) is 3.23. The van der Waals surface area contributed by atoms with E-state index in [1.165, 1.54) is 35.2 Å². The lowest BCUT2D eigenvalue weighted by Gasteiger charge is -2.26. The molecule has 27 heavy (non-hydrogen) atoms. The first-order valence-corrected chi connectivity index (χ1v) is 8.31. The van der Waals surface area contributed by atoms with Gasteiger partial charge in [-0.3, -0.25) is 4.79 Å². The van der Waals surface area contributed by atoms with E-state index in [4.69, 9.17) is 9.84 Å². The number of carboxylic acids is 1. The number of anilines is 1. The van der Waals surface area contributed by atoms with Crippen molar-refractivity contribution in [1.29, 1.82) is 0 Å². The molecule has 1 fully saturated rings. The molecule has 2 aromatic carbocycles. The number of halogens is 4. The Morgan fingerprint density at radius 3 is 2.41 bits per heavy atom. The third-order valence-electron chi connectivity index (χ3n) is 4.52. The third kappa shape index (κ3) is 4.50. The van der Waals surface area contributed by atoms with Gasteiger partial charge in [-0.05, 0) is 42.8 Å². The smallest absolute Gasteiger partial charge is 0.393 e. The van der Waals surface area contributed by atoms with Crippen LogP contribution in [0.25, 0.3) is 0 Å². The Bertz CT molecular complexity index is 807. The molecule has 0 saturated carbocycles. The van der Waals surface area contributed by atoms with Gasteiger partial charge in [-0.15, -0.1) is 0 Å². The summed E-state index contributed by atoms with van der Waals surface area (Å²) in [4.78, 5) is 12.5. The van der Waals surface area contributed by atoms with Gasteiger partial charge >= 0.3 is 12.1 Å². The molecule has 0 radical (unpaired) electrons. The van der Waals surface area contributed by atoms with E-state index in [-0.39, 0.29) is 25.1 Å². The predicted molar refractivity (Wildman–Crippen MR) is 90.5 cm³/mol. The summed E-state index contributed by atoms with van der Waals surface area (Å²) in [5.41, 5.74) is 0.467. The minimum atomic E-state index is -4.38. The summed E-state index contributed by atoms with van der Waals surface area (Å²) in [6.45, 7) is -0.297. The molecule has 4 nitrogen and oxygen atoms in total. The van der Waals surface area contributed by atoms with Crippen LogP contribution in [0.3, 0.4) is 0 Å². The standard InChI is InChI=1S/C19H17F4NO3/c20-16-3-1-2-4-17(16)27-15-7-5-13(6-8-15)24-11-12(19(21,22)23)9-14(24)10-18(25)26/h1-8,12,14H,9-11H2,(H,25,26). The summed E-state index contributed by atoms with van der Waals surface area (Å²) >= 11 is 0. The second kappa shape index (κ2) is 7.46. The van der Waals surface area contributed by atoms with Crippen molar-refractivity contribution in [3.63, 3.8) is 0 Å².